The highest BCUT2D eigenvalue weighted by Crippen LogP contribution is 2.29. The number of esters is 1. The summed E-state index contributed by atoms with van der Waals surface area (Å²) in [6, 6.07) is -0.203. The van der Waals surface area contributed by atoms with E-state index in [9.17, 15) is 4.79 Å². The molecule has 0 aromatic heterocycles. The number of likely N-dealkylation sites (tertiary alicyclic amines) is 1. The van der Waals surface area contributed by atoms with Crippen LogP contribution in [0.25, 0.3) is 0 Å². The fourth-order valence-corrected chi connectivity index (χ4v) is 2.45. The normalized spacial score (nSPS) is 22.2. The van der Waals surface area contributed by atoms with Gasteiger partial charge < -0.3 is 15.0 Å². The highest BCUT2D eigenvalue weighted by molar-refractivity contribution is 5.76. The van der Waals surface area contributed by atoms with Crippen LogP contribution in [-0.4, -0.2) is 50.2 Å². The molecule has 1 aliphatic rings. The van der Waals surface area contributed by atoms with E-state index in [1.807, 2.05) is 14.0 Å². The Morgan fingerprint density at radius 1 is 1.39 bits per heavy atom. The van der Waals surface area contributed by atoms with Crippen molar-refractivity contribution in [1.82, 2.24) is 10.2 Å². The SMILES string of the molecule is CCOC(=O)C(CN1CCCC(C)(C)CC1)NC. The monoisotopic (exact) mass is 256 g/mol. The smallest absolute Gasteiger partial charge is 0.324 e. The van der Waals surface area contributed by atoms with Crippen molar-refractivity contribution >= 4 is 5.97 Å². The molecule has 1 unspecified atom stereocenters. The van der Waals surface area contributed by atoms with E-state index in [0.29, 0.717) is 12.0 Å². The van der Waals surface area contributed by atoms with Gasteiger partial charge in [-0.2, -0.15) is 0 Å². The number of hydrogen-bond donors (Lipinski definition) is 1. The lowest BCUT2D eigenvalue weighted by Crippen LogP contribution is -2.45. The van der Waals surface area contributed by atoms with E-state index in [2.05, 4.69) is 24.1 Å². The second-order valence-corrected chi connectivity index (χ2v) is 5.91. The predicted molar refractivity (Wildman–Crippen MR) is 73.6 cm³/mol. The topological polar surface area (TPSA) is 41.6 Å². The minimum Gasteiger partial charge on any atom is -0.465 e. The van der Waals surface area contributed by atoms with Gasteiger partial charge in [-0.25, -0.2) is 0 Å². The number of nitrogens with one attached hydrogen (secondary N) is 1. The molecule has 1 aliphatic heterocycles. The zero-order valence-electron chi connectivity index (χ0n) is 12.3. The molecule has 1 heterocycles. The lowest BCUT2D eigenvalue weighted by Gasteiger charge is -2.26. The Kier molecular flexibility index (Phi) is 6.09. The second kappa shape index (κ2) is 7.10. The van der Waals surface area contributed by atoms with E-state index in [0.717, 1.165) is 19.6 Å². The van der Waals surface area contributed by atoms with E-state index >= 15 is 0 Å². The number of carbonyl (C=O) groups is 1. The minimum atomic E-state index is -0.203. The first kappa shape index (κ1) is 15.4. The number of carbonyl (C=O) groups excluding carboxylic acids is 1. The van der Waals surface area contributed by atoms with Crippen LogP contribution in [0.2, 0.25) is 0 Å². The van der Waals surface area contributed by atoms with Gasteiger partial charge in [0.25, 0.3) is 0 Å². The summed E-state index contributed by atoms with van der Waals surface area (Å²) in [5.74, 6) is -0.136. The van der Waals surface area contributed by atoms with Crippen molar-refractivity contribution in [2.75, 3.05) is 33.3 Å². The number of ether oxygens (including phenoxy) is 1. The Morgan fingerprint density at radius 3 is 2.72 bits per heavy atom. The van der Waals surface area contributed by atoms with Gasteiger partial charge in [0.15, 0.2) is 0 Å². The molecule has 0 saturated carbocycles. The van der Waals surface area contributed by atoms with Gasteiger partial charge >= 0.3 is 5.97 Å². The van der Waals surface area contributed by atoms with Crippen LogP contribution >= 0.6 is 0 Å². The summed E-state index contributed by atoms with van der Waals surface area (Å²) in [6.07, 6.45) is 3.69. The molecule has 106 valence electrons. The van der Waals surface area contributed by atoms with Gasteiger partial charge in [0.1, 0.15) is 6.04 Å². The molecular formula is C14H28N2O2. The van der Waals surface area contributed by atoms with E-state index in [1.54, 1.807) is 0 Å². The summed E-state index contributed by atoms with van der Waals surface area (Å²) in [5, 5.41) is 3.06. The second-order valence-electron chi connectivity index (χ2n) is 5.91. The molecule has 0 aliphatic carbocycles. The average molecular weight is 256 g/mol. The highest BCUT2D eigenvalue weighted by Gasteiger charge is 2.26. The maximum absolute atomic E-state index is 11.7. The van der Waals surface area contributed by atoms with Crippen molar-refractivity contribution in [3.05, 3.63) is 0 Å². The Bertz CT molecular complexity index is 267. The molecule has 1 saturated heterocycles. The van der Waals surface area contributed by atoms with Crippen molar-refractivity contribution < 1.29 is 9.53 Å². The van der Waals surface area contributed by atoms with Gasteiger partial charge in [0.2, 0.25) is 0 Å². The van der Waals surface area contributed by atoms with E-state index in [-0.39, 0.29) is 12.0 Å². The fourth-order valence-electron chi connectivity index (χ4n) is 2.45. The van der Waals surface area contributed by atoms with Crippen LogP contribution in [-0.2, 0) is 9.53 Å². The van der Waals surface area contributed by atoms with Crippen LogP contribution in [0, 0.1) is 5.41 Å². The van der Waals surface area contributed by atoms with Crippen LogP contribution in [0.5, 0.6) is 0 Å². The molecule has 1 N–H and O–H groups in total. The van der Waals surface area contributed by atoms with Crippen LogP contribution in [0.15, 0.2) is 0 Å². The van der Waals surface area contributed by atoms with Gasteiger partial charge in [0, 0.05) is 6.54 Å². The van der Waals surface area contributed by atoms with Crippen molar-refractivity contribution in [2.45, 2.75) is 46.1 Å². The molecule has 0 radical (unpaired) electrons. The fraction of sp³-hybridized carbons (Fsp3) is 0.929. The van der Waals surface area contributed by atoms with Crippen LogP contribution in [0.1, 0.15) is 40.0 Å². The molecule has 0 bridgehead atoms. The van der Waals surface area contributed by atoms with Crippen molar-refractivity contribution in [1.29, 1.82) is 0 Å². The summed E-state index contributed by atoms with van der Waals surface area (Å²) < 4.78 is 5.08. The van der Waals surface area contributed by atoms with Crippen LogP contribution < -0.4 is 5.32 Å². The van der Waals surface area contributed by atoms with Gasteiger partial charge in [-0.1, -0.05) is 13.8 Å². The number of rotatable bonds is 5. The van der Waals surface area contributed by atoms with Crippen molar-refractivity contribution in [2.24, 2.45) is 5.41 Å². The number of hydrogen-bond acceptors (Lipinski definition) is 4. The standard InChI is InChI=1S/C14H28N2O2/c1-5-18-13(17)12(15-4)11-16-9-6-7-14(2,3)8-10-16/h12,15H,5-11H2,1-4H3. The lowest BCUT2D eigenvalue weighted by atomic mass is 9.85. The first-order valence-corrected chi connectivity index (χ1v) is 7.05. The molecule has 18 heavy (non-hydrogen) atoms. The molecule has 1 rings (SSSR count). The van der Waals surface area contributed by atoms with E-state index in [1.165, 1.54) is 19.3 Å². The molecule has 0 spiro atoms. The summed E-state index contributed by atoms with van der Waals surface area (Å²) in [7, 11) is 1.82. The van der Waals surface area contributed by atoms with Crippen LogP contribution in [0.3, 0.4) is 0 Å². The first-order chi connectivity index (χ1) is 8.48. The predicted octanol–water partition coefficient (Wildman–Crippen LogP) is 1.65. The first-order valence-electron chi connectivity index (χ1n) is 7.05. The Labute approximate surface area is 111 Å². The summed E-state index contributed by atoms with van der Waals surface area (Å²) >= 11 is 0. The summed E-state index contributed by atoms with van der Waals surface area (Å²) in [5.41, 5.74) is 0.438. The summed E-state index contributed by atoms with van der Waals surface area (Å²) in [6.45, 7) is 9.87. The largest absolute Gasteiger partial charge is 0.465 e. The molecule has 1 atom stereocenters. The molecular weight excluding hydrogens is 228 g/mol. The Morgan fingerprint density at radius 2 is 2.11 bits per heavy atom. The number of likely N-dealkylation sites (N-methyl/N-ethyl adjacent to an activating group) is 1. The zero-order valence-corrected chi connectivity index (χ0v) is 12.3. The Balaban J connectivity index is 2.47. The quantitative estimate of drug-likeness (QED) is 0.760. The molecule has 4 heteroatoms. The highest BCUT2D eigenvalue weighted by atomic mass is 16.5. The average Bonchev–Trinajstić information content (AvgIpc) is 2.47. The third-order valence-electron chi connectivity index (χ3n) is 3.79. The third kappa shape index (κ3) is 4.94. The van der Waals surface area contributed by atoms with Gasteiger partial charge in [-0.15, -0.1) is 0 Å². The minimum absolute atomic E-state index is 0.136. The molecule has 0 aromatic carbocycles. The number of nitrogens with zero attached hydrogens (tertiary/aromatic N) is 1. The van der Waals surface area contributed by atoms with Gasteiger partial charge in [-0.3, -0.25) is 4.79 Å². The molecule has 0 amide bonds. The molecule has 1 fully saturated rings. The van der Waals surface area contributed by atoms with Crippen molar-refractivity contribution in [3.63, 3.8) is 0 Å². The Hall–Kier alpha value is -0.610. The lowest BCUT2D eigenvalue weighted by molar-refractivity contribution is -0.146. The van der Waals surface area contributed by atoms with Gasteiger partial charge in [-0.05, 0) is 51.7 Å². The summed E-state index contributed by atoms with van der Waals surface area (Å²) in [4.78, 5) is 14.1. The van der Waals surface area contributed by atoms with E-state index in [4.69, 9.17) is 4.74 Å². The molecule has 4 nitrogen and oxygen atoms in total. The van der Waals surface area contributed by atoms with Crippen molar-refractivity contribution in [3.8, 4) is 0 Å². The molecule has 0 aromatic rings. The van der Waals surface area contributed by atoms with Gasteiger partial charge in [0.05, 0.1) is 6.61 Å². The third-order valence-corrected chi connectivity index (χ3v) is 3.79. The zero-order chi connectivity index (χ0) is 13.6. The van der Waals surface area contributed by atoms with E-state index < -0.39 is 0 Å². The van der Waals surface area contributed by atoms with Crippen LogP contribution in [0.4, 0.5) is 0 Å². The maximum atomic E-state index is 11.7. The maximum Gasteiger partial charge on any atom is 0.324 e.